The molecule has 1 aliphatic rings. The van der Waals surface area contributed by atoms with Crippen LogP contribution in [0.4, 0.5) is 5.69 Å². The number of aromatic nitrogens is 6. The van der Waals surface area contributed by atoms with Crippen LogP contribution in [-0.2, 0) is 4.79 Å². The Hall–Kier alpha value is -4.79. The van der Waals surface area contributed by atoms with Gasteiger partial charge in [0.05, 0.1) is 35.4 Å². The third-order valence-corrected chi connectivity index (χ3v) is 7.57. The van der Waals surface area contributed by atoms with Crippen LogP contribution in [0.5, 0.6) is 0 Å². The number of fused-ring (bicyclic) bond motifs is 2. The zero-order chi connectivity index (χ0) is 26.2. The van der Waals surface area contributed by atoms with Crippen molar-refractivity contribution in [1.29, 1.82) is 0 Å². The molecule has 0 saturated heterocycles. The standard InChI is InChI=1S/C30H27N7O2/c38-26(12-18-4-2-1-3-5-18)33-22-13-21(15-31-16-22)19-6-7-25-24(14-19)28(37-36-25)30-34-27-23(20-9-11-39-17-20)8-10-32-29(27)35-30/h6-11,13-18H,1-5,12H2,(H,33,38)(H,36,37)(H,32,34,35). The summed E-state index contributed by atoms with van der Waals surface area (Å²) >= 11 is 0. The molecule has 39 heavy (non-hydrogen) atoms. The molecule has 1 fully saturated rings. The van der Waals surface area contributed by atoms with E-state index < -0.39 is 0 Å². The average Bonchev–Trinajstić information content (AvgIpc) is 3.73. The van der Waals surface area contributed by atoms with Crippen LogP contribution < -0.4 is 5.32 Å². The molecule has 0 radical (unpaired) electrons. The van der Waals surface area contributed by atoms with Gasteiger partial charge in [0, 0.05) is 40.9 Å². The minimum atomic E-state index is 0.0571. The van der Waals surface area contributed by atoms with E-state index in [1.807, 2.05) is 30.3 Å². The number of furan rings is 1. The van der Waals surface area contributed by atoms with Crippen molar-refractivity contribution in [3.8, 4) is 33.8 Å². The van der Waals surface area contributed by atoms with E-state index in [-0.39, 0.29) is 5.91 Å². The fourth-order valence-corrected chi connectivity index (χ4v) is 5.59. The normalized spacial score (nSPS) is 14.3. The number of rotatable bonds is 6. The van der Waals surface area contributed by atoms with Gasteiger partial charge in [-0.15, -0.1) is 0 Å². The molecule has 1 saturated carbocycles. The molecule has 6 aromatic rings. The monoisotopic (exact) mass is 517 g/mol. The second-order valence-corrected chi connectivity index (χ2v) is 10.2. The van der Waals surface area contributed by atoms with Crippen molar-refractivity contribution in [1.82, 2.24) is 30.1 Å². The third kappa shape index (κ3) is 4.56. The number of carbonyl (C=O) groups excluding carboxylic acids is 1. The first-order chi connectivity index (χ1) is 19.2. The van der Waals surface area contributed by atoms with Crippen molar-refractivity contribution in [3.05, 3.63) is 67.5 Å². The molecule has 9 nitrogen and oxygen atoms in total. The summed E-state index contributed by atoms with van der Waals surface area (Å²) in [5.41, 5.74) is 7.51. The Balaban J connectivity index is 1.19. The summed E-state index contributed by atoms with van der Waals surface area (Å²) < 4.78 is 5.27. The number of anilines is 1. The summed E-state index contributed by atoms with van der Waals surface area (Å²) in [6, 6.07) is 11.9. The van der Waals surface area contributed by atoms with E-state index in [0.717, 1.165) is 51.5 Å². The molecule has 1 aromatic carbocycles. The lowest BCUT2D eigenvalue weighted by atomic mass is 9.87. The molecule has 194 valence electrons. The fourth-order valence-electron chi connectivity index (χ4n) is 5.59. The van der Waals surface area contributed by atoms with Crippen molar-refractivity contribution >= 4 is 33.7 Å². The Morgan fingerprint density at radius 3 is 2.82 bits per heavy atom. The van der Waals surface area contributed by atoms with Crippen LogP contribution in [-0.4, -0.2) is 36.0 Å². The molecule has 1 amide bonds. The number of hydrogen-bond acceptors (Lipinski definition) is 6. The van der Waals surface area contributed by atoms with E-state index in [2.05, 4.69) is 36.5 Å². The molecule has 9 heteroatoms. The largest absolute Gasteiger partial charge is 0.472 e. The summed E-state index contributed by atoms with van der Waals surface area (Å²) in [6.07, 6.45) is 15.2. The predicted molar refractivity (Wildman–Crippen MR) is 150 cm³/mol. The molecule has 0 aliphatic heterocycles. The molecule has 0 bridgehead atoms. The molecule has 0 atom stereocenters. The van der Waals surface area contributed by atoms with E-state index in [9.17, 15) is 4.79 Å². The van der Waals surface area contributed by atoms with Gasteiger partial charge in [0.2, 0.25) is 5.91 Å². The number of hydrogen-bond donors (Lipinski definition) is 3. The van der Waals surface area contributed by atoms with Crippen LogP contribution in [0.2, 0.25) is 0 Å². The van der Waals surface area contributed by atoms with Gasteiger partial charge in [0.25, 0.3) is 0 Å². The zero-order valence-corrected chi connectivity index (χ0v) is 21.3. The number of nitrogens with zero attached hydrogens (tertiary/aromatic N) is 4. The lowest BCUT2D eigenvalue weighted by molar-refractivity contribution is -0.117. The van der Waals surface area contributed by atoms with Gasteiger partial charge >= 0.3 is 0 Å². The van der Waals surface area contributed by atoms with Crippen molar-refractivity contribution in [2.24, 2.45) is 5.92 Å². The van der Waals surface area contributed by atoms with Crippen molar-refractivity contribution in [3.63, 3.8) is 0 Å². The maximum absolute atomic E-state index is 12.7. The topological polar surface area (TPSA) is 125 Å². The second-order valence-electron chi connectivity index (χ2n) is 10.2. The van der Waals surface area contributed by atoms with E-state index in [1.165, 1.54) is 19.3 Å². The lowest BCUT2D eigenvalue weighted by Gasteiger charge is -2.20. The van der Waals surface area contributed by atoms with Gasteiger partial charge in [0.1, 0.15) is 5.69 Å². The van der Waals surface area contributed by atoms with Crippen LogP contribution in [0.1, 0.15) is 38.5 Å². The number of amides is 1. The zero-order valence-electron chi connectivity index (χ0n) is 21.3. The molecule has 5 heterocycles. The number of benzene rings is 1. The van der Waals surface area contributed by atoms with Crippen molar-refractivity contribution in [2.45, 2.75) is 38.5 Å². The van der Waals surface area contributed by atoms with Crippen molar-refractivity contribution < 1.29 is 9.21 Å². The second kappa shape index (κ2) is 9.83. The Labute approximate surface area is 224 Å². The maximum Gasteiger partial charge on any atom is 0.224 e. The van der Waals surface area contributed by atoms with Crippen molar-refractivity contribution in [2.75, 3.05) is 5.32 Å². The lowest BCUT2D eigenvalue weighted by Crippen LogP contribution is -2.18. The highest BCUT2D eigenvalue weighted by Gasteiger charge is 2.18. The Bertz CT molecular complexity index is 1780. The highest BCUT2D eigenvalue weighted by molar-refractivity contribution is 5.97. The van der Waals surface area contributed by atoms with Gasteiger partial charge in [-0.05, 0) is 54.7 Å². The molecular weight excluding hydrogens is 490 g/mol. The van der Waals surface area contributed by atoms with Gasteiger partial charge in [-0.1, -0.05) is 25.3 Å². The third-order valence-electron chi connectivity index (χ3n) is 7.57. The van der Waals surface area contributed by atoms with Crippen LogP contribution in [0, 0.1) is 5.92 Å². The number of H-pyrrole nitrogens is 2. The van der Waals surface area contributed by atoms with Crippen LogP contribution >= 0.6 is 0 Å². The summed E-state index contributed by atoms with van der Waals surface area (Å²) in [6.45, 7) is 0. The van der Waals surface area contributed by atoms with Gasteiger partial charge in [0.15, 0.2) is 11.5 Å². The van der Waals surface area contributed by atoms with E-state index in [0.29, 0.717) is 35.2 Å². The molecular formula is C30H27N7O2. The first-order valence-corrected chi connectivity index (χ1v) is 13.3. The smallest absolute Gasteiger partial charge is 0.224 e. The first kappa shape index (κ1) is 23.3. The minimum Gasteiger partial charge on any atom is -0.472 e. The summed E-state index contributed by atoms with van der Waals surface area (Å²) in [7, 11) is 0. The number of carbonyl (C=O) groups is 1. The highest BCUT2D eigenvalue weighted by Crippen LogP contribution is 2.33. The van der Waals surface area contributed by atoms with Gasteiger partial charge < -0.3 is 14.7 Å². The maximum atomic E-state index is 12.7. The number of imidazole rings is 1. The Morgan fingerprint density at radius 2 is 1.95 bits per heavy atom. The van der Waals surface area contributed by atoms with Gasteiger partial charge in [-0.25, -0.2) is 9.97 Å². The number of nitrogens with one attached hydrogen (secondary N) is 3. The van der Waals surface area contributed by atoms with Crippen LogP contribution in [0.15, 0.2) is 71.9 Å². The van der Waals surface area contributed by atoms with E-state index in [4.69, 9.17) is 9.40 Å². The molecule has 5 aromatic heterocycles. The molecule has 0 spiro atoms. The molecule has 3 N–H and O–H groups in total. The molecule has 0 unspecified atom stereocenters. The highest BCUT2D eigenvalue weighted by atomic mass is 16.3. The minimum absolute atomic E-state index is 0.0571. The fraction of sp³-hybridized carbons (Fsp3) is 0.233. The Kier molecular flexibility index (Phi) is 5.88. The van der Waals surface area contributed by atoms with E-state index >= 15 is 0 Å². The summed E-state index contributed by atoms with van der Waals surface area (Å²) in [5.74, 6) is 1.17. The number of pyridine rings is 2. The summed E-state index contributed by atoms with van der Waals surface area (Å²) in [5, 5.41) is 11.6. The number of aromatic amines is 2. The SMILES string of the molecule is O=C(CC1CCCCC1)Nc1cncc(-c2ccc3[nH]nc(-c4nc5nccc(-c6ccoc6)c5[nH]4)c3c2)c1. The molecule has 1 aliphatic carbocycles. The molecule has 7 rings (SSSR count). The average molecular weight is 518 g/mol. The van der Waals surface area contributed by atoms with Crippen LogP contribution in [0.3, 0.4) is 0 Å². The van der Waals surface area contributed by atoms with E-state index in [1.54, 1.807) is 31.1 Å². The predicted octanol–water partition coefficient (Wildman–Crippen LogP) is 6.73. The van der Waals surface area contributed by atoms with Gasteiger partial charge in [-0.2, -0.15) is 5.10 Å². The Morgan fingerprint density at radius 1 is 1.03 bits per heavy atom. The first-order valence-electron chi connectivity index (χ1n) is 13.3. The quantitative estimate of drug-likeness (QED) is 0.225. The summed E-state index contributed by atoms with van der Waals surface area (Å²) in [4.78, 5) is 29.7. The van der Waals surface area contributed by atoms with Gasteiger partial charge in [-0.3, -0.25) is 14.9 Å². The van der Waals surface area contributed by atoms with Crippen LogP contribution in [0.25, 0.3) is 55.8 Å².